The van der Waals surface area contributed by atoms with Gasteiger partial charge >= 0.3 is 0 Å². The van der Waals surface area contributed by atoms with Gasteiger partial charge < -0.3 is 10.1 Å². The van der Waals surface area contributed by atoms with Crippen LogP contribution in [0.5, 0.6) is 5.75 Å². The summed E-state index contributed by atoms with van der Waals surface area (Å²) in [7, 11) is 0. The lowest BCUT2D eigenvalue weighted by Gasteiger charge is -2.14. The summed E-state index contributed by atoms with van der Waals surface area (Å²) in [5.41, 5.74) is 4.68. The van der Waals surface area contributed by atoms with Gasteiger partial charge in [-0.05, 0) is 55.3 Å². The molecule has 0 saturated heterocycles. The Morgan fingerprint density at radius 3 is 2.71 bits per heavy atom. The Bertz CT molecular complexity index is 632. The average molecular weight is 280 g/mol. The molecule has 0 aliphatic carbocycles. The van der Waals surface area contributed by atoms with E-state index in [4.69, 9.17) is 4.74 Å². The van der Waals surface area contributed by atoms with Gasteiger partial charge in [-0.2, -0.15) is 0 Å². The van der Waals surface area contributed by atoms with E-state index >= 15 is 0 Å². The van der Waals surface area contributed by atoms with Crippen molar-refractivity contribution in [3.63, 3.8) is 0 Å². The molecule has 1 aliphatic heterocycles. The highest BCUT2D eigenvalue weighted by atomic mass is 16.5. The van der Waals surface area contributed by atoms with E-state index in [1.165, 1.54) is 11.1 Å². The van der Waals surface area contributed by atoms with Crippen LogP contribution in [0, 0.1) is 6.92 Å². The number of aromatic nitrogens is 1. The number of nitrogens with zero attached hydrogens (tertiary/aromatic N) is 1. The van der Waals surface area contributed by atoms with Crippen LogP contribution < -0.4 is 10.1 Å². The van der Waals surface area contributed by atoms with E-state index in [9.17, 15) is 0 Å². The first-order chi connectivity index (χ1) is 10.3. The van der Waals surface area contributed by atoms with Crippen LogP contribution >= 0.6 is 0 Å². The highest BCUT2D eigenvalue weighted by Gasteiger charge is 2.05. The largest absolute Gasteiger partial charge is 0.487 e. The maximum absolute atomic E-state index is 5.80. The van der Waals surface area contributed by atoms with Gasteiger partial charge in [-0.25, -0.2) is 0 Å². The van der Waals surface area contributed by atoms with Crippen molar-refractivity contribution in [2.45, 2.75) is 20.0 Å². The van der Waals surface area contributed by atoms with Gasteiger partial charge in [0.15, 0.2) is 0 Å². The first-order valence-electron chi connectivity index (χ1n) is 7.37. The topological polar surface area (TPSA) is 34.1 Å². The molecule has 3 rings (SSSR count). The lowest BCUT2D eigenvalue weighted by molar-refractivity contribution is 0.301. The molecule has 0 unspecified atom stereocenters. The molecule has 21 heavy (non-hydrogen) atoms. The SMILES string of the molecule is Cc1cccc(COc2ccc(C3=CCNCC3)cc2)n1. The van der Waals surface area contributed by atoms with Crippen molar-refractivity contribution in [3.8, 4) is 5.75 Å². The fraction of sp³-hybridized carbons (Fsp3) is 0.278. The third-order valence-electron chi connectivity index (χ3n) is 3.62. The molecule has 2 aromatic rings. The molecule has 1 aliphatic rings. The summed E-state index contributed by atoms with van der Waals surface area (Å²) in [6, 6.07) is 14.3. The molecular formula is C18H20N2O. The monoisotopic (exact) mass is 280 g/mol. The van der Waals surface area contributed by atoms with Gasteiger partial charge in [0, 0.05) is 12.2 Å². The number of benzene rings is 1. The molecule has 0 saturated carbocycles. The van der Waals surface area contributed by atoms with Crippen molar-refractivity contribution < 1.29 is 4.74 Å². The smallest absolute Gasteiger partial charge is 0.130 e. The van der Waals surface area contributed by atoms with E-state index in [0.717, 1.165) is 36.6 Å². The molecule has 3 nitrogen and oxygen atoms in total. The van der Waals surface area contributed by atoms with Crippen LogP contribution in [-0.4, -0.2) is 18.1 Å². The van der Waals surface area contributed by atoms with Crippen LogP contribution in [0.3, 0.4) is 0 Å². The Hall–Kier alpha value is -2.13. The standard InChI is InChI=1S/C18H20N2O/c1-14-3-2-4-17(20-14)13-21-18-7-5-15(6-8-18)16-9-11-19-12-10-16/h2-9,19H,10-13H2,1H3. The second-order valence-electron chi connectivity index (χ2n) is 5.27. The third-order valence-corrected chi connectivity index (χ3v) is 3.62. The minimum Gasteiger partial charge on any atom is -0.487 e. The summed E-state index contributed by atoms with van der Waals surface area (Å²) < 4.78 is 5.80. The summed E-state index contributed by atoms with van der Waals surface area (Å²) >= 11 is 0. The molecule has 0 atom stereocenters. The maximum atomic E-state index is 5.80. The highest BCUT2D eigenvalue weighted by Crippen LogP contribution is 2.22. The number of ether oxygens (including phenoxy) is 1. The summed E-state index contributed by atoms with van der Waals surface area (Å²) in [5.74, 6) is 0.886. The summed E-state index contributed by atoms with van der Waals surface area (Å²) in [4.78, 5) is 4.44. The molecule has 0 spiro atoms. The number of rotatable bonds is 4. The first kappa shape index (κ1) is 13.8. The average Bonchev–Trinajstić information content (AvgIpc) is 2.54. The number of hydrogen-bond acceptors (Lipinski definition) is 3. The van der Waals surface area contributed by atoms with Crippen molar-refractivity contribution in [1.29, 1.82) is 0 Å². The molecule has 1 aromatic carbocycles. The van der Waals surface area contributed by atoms with Gasteiger partial charge in [-0.1, -0.05) is 24.3 Å². The first-order valence-corrected chi connectivity index (χ1v) is 7.37. The molecular weight excluding hydrogens is 260 g/mol. The van der Waals surface area contributed by atoms with Crippen molar-refractivity contribution in [3.05, 3.63) is 65.5 Å². The zero-order chi connectivity index (χ0) is 14.5. The van der Waals surface area contributed by atoms with Crippen LogP contribution in [0.2, 0.25) is 0 Å². The quantitative estimate of drug-likeness (QED) is 0.932. The van der Waals surface area contributed by atoms with Gasteiger partial charge in [-0.15, -0.1) is 0 Å². The summed E-state index contributed by atoms with van der Waals surface area (Å²) in [5, 5.41) is 3.33. The van der Waals surface area contributed by atoms with Gasteiger partial charge in [0.1, 0.15) is 12.4 Å². The van der Waals surface area contributed by atoms with Crippen molar-refractivity contribution in [1.82, 2.24) is 10.3 Å². The molecule has 0 fully saturated rings. The predicted octanol–water partition coefficient (Wildman–Crippen LogP) is 3.35. The zero-order valence-corrected chi connectivity index (χ0v) is 12.3. The minimum atomic E-state index is 0.508. The molecule has 108 valence electrons. The van der Waals surface area contributed by atoms with E-state index in [2.05, 4.69) is 28.5 Å². The lowest BCUT2D eigenvalue weighted by Crippen LogP contribution is -2.19. The number of aryl methyl sites for hydroxylation is 1. The molecule has 1 N–H and O–H groups in total. The Kier molecular flexibility index (Phi) is 4.31. The van der Waals surface area contributed by atoms with Crippen LogP contribution in [0.1, 0.15) is 23.4 Å². The number of pyridine rings is 1. The van der Waals surface area contributed by atoms with E-state index in [-0.39, 0.29) is 0 Å². The lowest BCUT2D eigenvalue weighted by atomic mass is 10.0. The van der Waals surface area contributed by atoms with Crippen molar-refractivity contribution >= 4 is 5.57 Å². The van der Waals surface area contributed by atoms with Crippen LogP contribution in [0.25, 0.3) is 5.57 Å². The van der Waals surface area contributed by atoms with E-state index in [1.54, 1.807) is 0 Å². The zero-order valence-electron chi connectivity index (χ0n) is 12.3. The van der Waals surface area contributed by atoms with Crippen molar-refractivity contribution in [2.24, 2.45) is 0 Å². The molecule has 0 amide bonds. The molecule has 0 radical (unpaired) electrons. The summed E-state index contributed by atoms with van der Waals surface area (Å²) in [6.07, 6.45) is 3.35. The second-order valence-corrected chi connectivity index (χ2v) is 5.27. The normalized spacial score (nSPS) is 14.6. The molecule has 3 heteroatoms. The Morgan fingerprint density at radius 2 is 2.00 bits per heavy atom. The summed E-state index contributed by atoms with van der Waals surface area (Å²) in [6.45, 7) is 4.52. The Balaban J connectivity index is 1.63. The van der Waals surface area contributed by atoms with Crippen molar-refractivity contribution in [2.75, 3.05) is 13.1 Å². The second kappa shape index (κ2) is 6.55. The molecule has 1 aromatic heterocycles. The van der Waals surface area contributed by atoms with Gasteiger partial charge in [0.05, 0.1) is 5.69 Å². The molecule has 2 heterocycles. The Morgan fingerprint density at radius 1 is 1.14 bits per heavy atom. The van der Waals surface area contributed by atoms with E-state index in [0.29, 0.717) is 6.61 Å². The number of hydrogen-bond donors (Lipinski definition) is 1. The molecule has 0 bridgehead atoms. The maximum Gasteiger partial charge on any atom is 0.130 e. The predicted molar refractivity (Wildman–Crippen MR) is 85.2 cm³/mol. The highest BCUT2D eigenvalue weighted by molar-refractivity contribution is 5.67. The minimum absolute atomic E-state index is 0.508. The number of nitrogens with one attached hydrogen (secondary N) is 1. The van der Waals surface area contributed by atoms with Gasteiger partial charge in [-0.3, -0.25) is 4.98 Å². The van der Waals surface area contributed by atoms with Gasteiger partial charge in [0.2, 0.25) is 0 Å². The fourth-order valence-corrected chi connectivity index (χ4v) is 2.49. The third kappa shape index (κ3) is 3.70. The van der Waals surface area contributed by atoms with Crippen LogP contribution in [0.4, 0.5) is 0 Å². The van der Waals surface area contributed by atoms with E-state index < -0.39 is 0 Å². The Labute approximate surface area is 125 Å². The fourth-order valence-electron chi connectivity index (χ4n) is 2.49. The van der Waals surface area contributed by atoms with E-state index in [1.807, 2.05) is 37.3 Å². The van der Waals surface area contributed by atoms with Crippen LogP contribution in [0.15, 0.2) is 48.5 Å². The van der Waals surface area contributed by atoms with Crippen LogP contribution in [-0.2, 0) is 6.61 Å². The van der Waals surface area contributed by atoms with Gasteiger partial charge in [0.25, 0.3) is 0 Å².